The van der Waals surface area contributed by atoms with Crippen LogP contribution < -0.4 is 11.1 Å². The number of carbonyl (C=O) groups is 2. The molecular weight excluding hydrogens is 258 g/mol. The Labute approximate surface area is 121 Å². The van der Waals surface area contributed by atoms with Gasteiger partial charge in [-0.15, -0.1) is 0 Å². The minimum atomic E-state index is -0.183. The Kier molecular flexibility index (Phi) is 6.42. The lowest BCUT2D eigenvalue weighted by Gasteiger charge is -2.27. The monoisotopic (exact) mass is 285 g/mol. The van der Waals surface area contributed by atoms with E-state index in [0.717, 1.165) is 0 Å². The van der Waals surface area contributed by atoms with E-state index in [1.807, 2.05) is 20.8 Å². The van der Waals surface area contributed by atoms with E-state index in [4.69, 9.17) is 10.5 Å². The van der Waals surface area contributed by atoms with Gasteiger partial charge in [0.15, 0.2) is 0 Å². The molecule has 0 aromatic carbocycles. The number of nitrogens with one attached hydrogen (secondary N) is 1. The summed E-state index contributed by atoms with van der Waals surface area (Å²) >= 11 is 0. The van der Waals surface area contributed by atoms with Crippen LogP contribution in [0.25, 0.3) is 0 Å². The van der Waals surface area contributed by atoms with E-state index in [0.29, 0.717) is 39.3 Å². The molecule has 0 aliphatic carbocycles. The Balaban J connectivity index is 2.19. The van der Waals surface area contributed by atoms with Gasteiger partial charge in [-0.05, 0) is 5.41 Å². The predicted molar refractivity (Wildman–Crippen MR) is 77.1 cm³/mol. The molecule has 0 radical (unpaired) electrons. The Hall–Kier alpha value is -1.14. The number of carbonyl (C=O) groups excluding carboxylic acids is 2. The molecule has 2 amide bonds. The minimum Gasteiger partial charge on any atom is -0.378 e. The predicted octanol–water partition coefficient (Wildman–Crippen LogP) is 0.115. The molecule has 6 nitrogen and oxygen atoms in total. The maximum absolute atomic E-state index is 11.9. The van der Waals surface area contributed by atoms with Crippen molar-refractivity contribution in [2.75, 3.05) is 32.8 Å². The highest BCUT2D eigenvalue weighted by molar-refractivity contribution is 5.79. The van der Waals surface area contributed by atoms with Crippen molar-refractivity contribution >= 4 is 11.8 Å². The molecule has 0 spiro atoms. The second kappa shape index (κ2) is 7.59. The summed E-state index contributed by atoms with van der Waals surface area (Å²) < 4.78 is 5.19. The van der Waals surface area contributed by atoms with Crippen molar-refractivity contribution < 1.29 is 14.3 Å². The average Bonchev–Trinajstić information content (AvgIpc) is 2.38. The zero-order valence-corrected chi connectivity index (χ0v) is 12.8. The first-order valence-electron chi connectivity index (χ1n) is 7.18. The summed E-state index contributed by atoms with van der Waals surface area (Å²) in [5, 5.41) is 2.76. The largest absolute Gasteiger partial charge is 0.378 e. The molecule has 1 fully saturated rings. The summed E-state index contributed by atoms with van der Waals surface area (Å²) in [4.78, 5) is 25.4. The molecule has 1 unspecified atom stereocenters. The number of rotatable bonds is 5. The van der Waals surface area contributed by atoms with E-state index in [1.165, 1.54) is 0 Å². The van der Waals surface area contributed by atoms with E-state index in [2.05, 4.69) is 5.32 Å². The lowest BCUT2D eigenvalue weighted by atomic mass is 9.85. The van der Waals surface area contributed by atoms with E-state index in [-0.39, 0.29) is 29.7 Å². The van der Waals surface area contributed by atoms with Crippen molar-refractivity contribution in [3.63, 3.8) is 0 Å². The van der Waals surface area contributed by atoms with Crippen molar-refractivity contribution in [1.82, 2.24) is 10.2 Å². The first-order valence-corrected chi connectivity index (χ1v) is 7.18. The number of ether oxygens (including phenoxy) is 1. The van der Waals surface area contributed by atoms with Gasteiger partial charge in [-0.1, -0.05) is 20.8 Å². The molecule has 20 heavy (non-hydrogen) atoms. The lowest BCUT2D eigenvalue weighted by Crippen LogP contribution is -2.43. The zero-order valence-electron chi connectivity index (χ0n) is 12.8. The summed E-state index contributed by atoms with van der Waals surface area (Å²) in [5.41, 5.74) is 5.85. The van der Waals surface area contributed by atoms with E-state index < -0.39 is 0 Å². The summed E-state index contributed by atoms with van der Waals surface area (Å²) in [7, 11) is 0. The first kappa shape index (κ1) is 16.9. The number of amides is 2. The Morgan fingerprint density at radius 3 is 2.45 bits per heavy atom. The highest BCUT2D eigenvalue weighted by atomic mass is 16.5. The molecule has 0 bridgehead atoms. The van der Waals surface area contributed by atoms with E-state index >= 15 is 0 Å². The van der Waals surface area contributed by atoms with Gasteiger partial charge < -0.3 is 20.7 Å². The molecule has 1 rings (SSSR count). The summed E-state index contributed by atoms with van der Waals surface area (Å²) in [6.07, 6.45) is 0.617. The summed E-state index contributed by atoms with van der Waals surface area (Å²) in [5.74, 6) is -0.0316. The van der Waals surface area contributed by atoms with Crippen LogP contribution in [0.4, 0.5) is 0 Å². The third-order valence-corrected chi connectivity index (χ3v) is 3.54. The van der Waals surface area contributed by atoms with Crippen LogP contribution in [0.15, 0.2) is 0 Å². The fraction of sp³-hybridized carbons (Fsp3) is 0.857. The SMILES string of the molecule is CC(C)(C)C(N)CC(=O)NCCC(=O)N1CCOCC1. The average molecular weight is 285 g/mol. The topological polar surface area (TPSA) is 84.7 Å². The van der Waals surface area contributed by atoms with Gasteiger partial charge in [0.05, 0.1) is 13.2 Å². The number of morpholine rings is 1. The van der Waals surface area contributed by atoms with Crippen LogP contribution >= 0.6 is 0 Å². The number of nitrogens with zero attached hydrogens (tertiary/aromatic N) is 1. The molecule has 1 atom stereocenters. The van der Waals surface area contributed by atoms with Crippen molar-refractivity contribution in [3.05, 3.63) is 0 Å². The van der Waals surface area contributed by atoms with Gasteiger partial charge in [0.1, 0.15) is 0 Å². The van der Waals surface area contributed by atoms with Gasteiger partial charge in [-0.2, -0.15) is 0 Å². The molecule has 0 aromatic rings. The maximum Gasteiger partial charge on any atom is 0.224 e. The van der Waals surface area contributed by atoms with Crippen LogP contribution in [-0.2, 0) is 14.3 Å². The van der Waals surface area contributed by atoms with Crippen LogP contribution in [0.5, 0.6) is 0 Å². The Morgan fingerprint density at radius 1 is 1.30 bits per heavy atom. The molecule has 1 saturated heterocycles. The molecule has 3 N–H and O–H groups in total. The first-order chi connectivity index (χ1) is 9.30. The van der Waals surface area contributed by atoms with Crippen molar-refractivity contribution in [3.8, 4) is 0 Å². The fourth-order valence-electron chi connectivity index (χ4n) is 1.86. The standard InChI is InChI=1S/C14H27N3O3/c1-14(2,3)11(15)10-12(18)16-5-4-13(19)17-6-8-20-9-7-17/h11H,4-10,15H2,1-3H3,(H,16,18). The van der Waals surface area contributed by atoms with E-state index in [9.17, 15) is 9.59 Å². The van der Waals surface area contributed by atoms with Crippen LogP contribution in [0.1, 0.15) is 33.6 Å². The molecule has 1 heterocycles. The molecule has 1 aliphatic heterocycles. The highest BCUT2D eigenvalue weighted by Crippen LogP contribution is 2.19. The van der Waals surface area contributed by atoms with E-state index in [1.54, 1.807) is 4.90 Å². The molecule has 1 aliphatic rings. The Bertz CT molecular complexity index is 333. The lowest BCUT2D eigenvalue weighted by molar-refractivity contribution is -0.135. The van der Waals surface area contributed by atoms with Crippen molar-refractivity contribution in [2.24, 2.45) is 11.1 Å². The van der Waals surface area contributed by atoms with Gasteiger partial charge in [0.2, 0.25) is 11.8 Å². The number of hydrogen-bond acceptors (Lipinski definition) is 4. The summed E-state index contributed by atoms with van der Waals surface area (Å²) in [6, 6.07) is -0.183. The van der Waals surface area contributed by atoms with Crippen molar-refractivity contribution in [1.29, 1.82) is 0 Å². The smallest absolute Gasteiger partial charge is 0.224 e. The second-order valence-corrected chi connectivity index (χ2v) is 6.27. The molecule has 6 heteroatoms. The maximum atomic E-state index is 11.9. The van der Waals surface area contributed by atoms with Crippen molar-refractivity contribution in [2.45, 2.75) is 39.7 Å². The molecule has 0 saturated carbocycles. The van der Waals surface area contributed by atoms with Gasteiger partial charge >= 0.3 is 0 Å². The zero-order chi connectivity index (χ0) is 15.2. The van der Waals surface area contributed by atoms with Gasteiger partial charge in [0.25, 0.3) is 0 Å². The Morgan fingerprint density at radius 2 is 1.90 bits per heavy atom. The molecule has 0 aromatic heterocycles. The third kappa shape index (κ3) is 5.88. The number of hydrogen-bond donors (Lipinski definition) is 2. The van der Waals surface area contributed by atoms with Crippen LogP contribution in [0.3, 0.4) is 0 Å². The van der Waals surface area contributed by atoms with Crippen LogP contribution in [0.2, 0.25) is 0 Å². The fourth-order valence-corrected chi connectivity index (χ4v) is 1.86. The van der Waals surface area contributed by atoms with Gasteiger partial charge in [-0.3, -0.25) is 9.59 Å². The minimum absolute atomic E-state index is 0.0636. The highest BCUT2D eigenvalue weighted by Gasteiger charge is 2.23. The molecule has 116 valence electrons. The molecular formula is C14H27N3O3. The van der Waals surface area contributed by atoms with Crippen LogP contribution in [-0.4, -0.2) is 55.6 Å². The van der Waals surface area contributed by atoms with Crippen LogP contribution in [0, 0.1) is 5.41 Å². The summed E-state index contributed by atoms with van der Waals surface area (Å²) in [6.45, 7) is 8.86. The van der Waals surface area contributed by atoms with Gasteiger partial charge in [0, 0.05) is 38.5 Å². The second-order valence-electron chi connectivity index (χ2n) is 6.27. The normalized spacial score (nSPS) is 17.7. The quantitative estimate of drug-likeness (QED) is 0.751. The third-order valence-electron chi connectivity index (χ3n) is 3.54. The van der Waals surface area contributed by atoms with Gasteiger partial charge in [-0.25, -0.2) is 0 Å². The number of nitrogens with two attached hydrogens (primary N) is 1.